The van der Waals surface area contributed by atoms with Gasteiger partial charge < -0.3 is 9.08 Å². The molecular weight excluding hydrogens is 381 g/mol. The quantitative estimate of drug-likeness (QED) is 0.504. The van der Waals surface area contributed by atoms with Crippen molar-refractivity contribution in [2.45, 2.75) is 20.0 Å². The molecule has 0 spiro atoms. The molecule has 0 heterocycles. The molecule has 0 N–H and O–H groups in total. The van der Waals surface area contributed by atoms with E-state index in [1.54, 1.807) is 29.2 Å². The summed E-state index contributed by atoms with van der Waals surface area (Å²) in [5.41, 5.74) is 1.56. The smallest absolute Gasteiger partial charge is 0.308 e. The van der Waals surface area contributed by atoms with Crippen LogP contribution in [0.25, 0.3) is 0 Å². The molecule has 0 unspecified atom stereocenters. The zero-order valence-electron chi connectivity index (χ0n) is 14.2. The van der Waals surface area contributed by atoms with Gasteiger partial charge in [0.05, 0.1) is 5.75 Å². The SMILES string of the molecule is CCS(=O)(=O)Oc1ccc(CN(Cc2ccc(F)cc2)C(=O)CCl)cc1. The highest BCUT2D eigenvalue weighted by Gasteiger charge is 2.14. The molecule has 1 amide bonds. The van der Waals surface area contributed by atoms with Gasteiger partial charge in [-0.25, -0.2) is 4.39 Å². The highest BCUT2D eigenvalue weighted by atomic mass is 35.5. The molecule has 0 atom stereocenters. The Labute approximate surface area is 157 Å². The Morgan fingerprint density at radius 3 is 2.00 bits per heavy atom. The highest BCUT2D eigenvalue weighted by molar-refractivity contribution is 7.87. The Bertz CT molecular complexity index is 838. The maximum absolute atomic E-state index is 13.0. The summed E-state index contributed by atoms with van der Waals surface area (Å²) in [6.07, 6.45) is 0. The Balaban J connectivity index is 2.10. The summed E-state index contributed by atoms with van der Waals surface area (Å²) < 4.78 is 40.9. The summed E-state index contributed by atoms with van der Waals surface area (Å²) in [6.45, 7) is 2.06. The molecule has 5 nitrogen and oxygen atoms in total. The van der Waals surface area contributed by atoms with E-state index >= 15 is 0 Å². The van der Waals surface area contributed by atoms with Crippen LogP contribution in [0, 0.1) is 5.82 Å². The fraction of sp³-hybridized carbons (Fsp3) is 0.278. The van der Waals surface area contributed by atoms with Crippen LogP contribution in [0.3, 0.4) is 0 Å². The number of hydrogen-bond acceptors (Lipinski definition) is 4. The lowest BCUT2D eigenvalue weighted by Crippen LogP contribution is -2.31. The van der Waals surface area contributed by atoms with Crippen molar-refractivity contribution >= 4 is 27.6 Å². The van der Waals surface area contributed by atoms with E-state index in [2.05, 4.69) is 0 Å². The lowest BCUT2D eigenvalue weighted by Gasteiger charge is -2.22. The number of rotatable bonds is 8. The van der Waals surface area contributed by atoms with Crippen LogP contribution in [-0.4, -0.2) is 30.9 Å². The van der Waals surface area contributed by atoms with Gasteiger partial charge in [0.2, 0.25) is 5.91 Å². The van der Waals surface area contributed by atoms with Crippen molar-refractivity contribution in [2.24, 2.45) is 0 Å². The van der Waals surface area contributed by atoms with E-state index in [0.717, 1.165) is 11.1 Å². The van der Waals surface area contributed by atoms with Gasteiger partial charge in [0.1, 0.15) is 17.4 Å². The number of benzene rings is 2. The molecule has 0 aromatic heterocycles. The topological polar surface area (TPSA) is 63.7 Å². The van der Waals surface area contributed by atoms with Gasteiger partial charge in [-0.2, -0.15) is 8.42 Å². The van der Waals surface area contributed by atoms with Crippen molar-refractivity contribution < 1.29 is 21.8 Å². The molecule has 2 aromatic rings. The molecule has 8 heteroatoms. The third-order valence-corrected chi connectivity index (χ3v) is 5.01. The molecule has 0 bridgehead atoms. The van der Waals surface area contributed by atoms with E-state index < -0.39 is 10.1 Å². The lowest BCUT2D eigenvalue weighted by atomic mass is 10.1. The van der Waals surface area contributed by atoms with Gasteiger partial charge in [-0.05, 0) is 42.3 Å². The van der Waals surface area contributed by atoms with E-state index in [4.69, 9.17) is 15.8 Å². The maximum Gasteiger partial charge on any atom is 0.308 e. The average Bonchev–Trinajstić information content (AvgIpc) is 2.63. The molecule has 0 saturated heterocycles. The predicted molar refractivity (Wildman–Crippen MR) is 97.9 cm³/mol. The van der Waals surface area contributed by atoms with E-state index in [1.807, 2.05) is 0 Å². The fourth-order valence-corrected chi connectivity index (χ4v) is 2.89. The maximum atomic E-state index is 13.0. The first-order chi connectivity index (χ1) is 12.3. The molecule has 2 aromatic carbocycles. The zero-order valence-corrected chi connectivity index (χ0v) is 15.8. The Morgan fingerprint density at radius 1 is 1.04 bits per heavy atom. The third kappa shape index (κ3) is 6.00. The molecular formula is C18H19ClFNO4S. The van der Waals surface area contributed by atoms with Crippen molar-refractivity contribution in [1.29, 1.82) is 0 Å². The number of alkyl halides is 1. The van der Waals surface area contributed by atoms with Crippen LogP contribution in [0.1, 0.15) is 18.1 Å². The summed E-state index contributed by atoms with van der Waals surface area (Å²) in [6, 6.07) is 12.3. The molecule has 0 aliphatic carbocycles. The summed E-state index contributed by atoms with van der Waals surface area (Å²) in [7, 11) is -3.58. The first-order valence-corrected chi connectivity index (χ1v) is 10.0. The number of carbonyl (C=O) groups is 1. The van der Waals surface area contributed by atoms with Crippen LogP contribution in [0.2, 0.25) is 0 Å². The Morgan fingerprint density at radius 2 is 1.54 bits per heavy atom. The van der Waals surface area contributed by atoms with Crippen molar-refractivity contribution in [2.75, 3.05) is 11.6 Å². The van der Waals surface area contributed by atoms with E-state index in [1.165, 1.54) is 31.2 Å². The van der Waals surface area contributed by atoms with Gasteiger partial charge >= 0.3 is 10.1 Å². The summed E-state index contributed by atoms with van der Waals surface area (Å²) in [5.74, 6) is -0.683. The van der Waals surface area contributed by atoms with Gasteiger partial charge in [0.15, 0.2) is 0 Å². The minimum absolute atomic E-state index is 0.121. The lowest BCUT2D eigenvalue weighted by molar-refractivity contribution is -0.129. The molecule has 26 heavy (non-hydrogen) atoms. The number of halogens is 2. The number of hydrogen-bond donors (Lipinski definition) is 0. The van der Waals surface area contributed by atoms with Crippen LogP contribution >= 0.6 is 11.6 Å². The second kappa shape index (κ2) is 9.00. The molecule has 0 saturated carbocycles. The van der Waals surface area contributed by atoms with Crippen molar-refractivity contribution in [1.82, 2.24) is 4.90 Å². The van der Waals surface area contributed by atoms with Gasteiger partial charge in [-0.15, -0.1) is 11.6 Å². The van der Waals surface area contributed by atoms with Gasteiger partial charge in [0, 0.05) is 13.1 Å². The second-order valence-electron chi connectivity index (χ2n) is 5.58. The van der Waals surface area contributed by atoms with Crippen molar-refractivity contribution in [3.63, 3.8) is 0 Å². The first-order valence-electron chi connectivity index (χ1n) is 7.92. The third-order valence-electron chi connectivity index (χ3n) is 3.63. The first kappa shape index (κ1) is 20.2. The van der Waals surface area contributed by atoms with Gasteiger partial charge in [-0.3, -0.25) is 4.79 Å². The molecule has 2 rings (SSSR count). The zero-order chi connectivity index (χ0) is 19.2. The summed E-state index contributed by atoms with van der Waals surface area (Å²) in [5, 5.41) is 0. The summed E-state index contributed by atoms with van der Waals surface area (Å²) >= 11 is 5.68. The van der Waals surface area contributed by atoms with E-state index in [-0.39, 0.29) is 42.2 Å². The Hall–Kier alpha value is -2.12. The molecule has 140 valence electrons. The van der Waals surface area contributed by atoms with Crippen LogP contribution in [-0.2, 0) is 28.0 Å². The van der Waals surface area contributed by atoms with Crippen molar-refractivity contribution in [3.8, 4) is 5.75 Å². The minimum atomic E-state index is -3.58. The number of amides is 1. The van der Waals surface area contributed by atoms with Gasteiger partial charge in [0.25, 0.3) is 0 Å². The highest BCUT2D eigenvalue weighted by Crippen LogP contribution is 2.17. The van der Waals surface area contributed by atoms with Crippen LogP contribution in [0.5, 0.6) is 5.75 Å². The number of nitrogens with zero attached hydrogens (tertiary/aromatic N) is 1. The second-order valence-corrected chi connectivity index (χ2v) is 7.71. The van der Waals surface area contributed by atoms with Crippen LogP contribution in [0.4, 0.5) is 4.39 Å². The summed E-state index contributed by atoms with van der Waals surface area (Å²) in [4.78, 5) is 13.6. The number of carbonyl (C=O) groups excluding carboxylic acids is 1. The predicted octanol–water partition coefficient (Wildman–Crippen LogP) is 3.32. The molecule has 0 aliphatic rings. The fourth-order valence-electron chi connectivity index (χ4n) is 2.20. The standard InChI is InChI=1S/C18H19ClFNO4S/c1-2-26(23,24)25-17-9-5-15(6-10-17)13-21(18(22)11-19)12-14-3-7-16(20)8-4-14/h3-10H,2,11-13H2,1H3. The van der Waals surface area contributed by atoms with Crippen LogP contribution in [0.15, 0.2) is 48.5 Å². The largest absolute Gasteiger partial charge is 0.382 e. The Kier molecular flexibility index (Phi) is 6.99. The van der Waals surface area contributed by atoms with E-state index in [0.29, 0.717) is 0 Å². The van der Waals surface area contributed by atoms with E-state index in [9.17, 15) is 17.6 Å². The molecule has 0 aliphatic heterocycles. The average molecular weight is 400 g/mol. The van der Waals surface area contributed by atoms with Crippen LogP contribution < -0.4 is 4.18 Å². The monoisotopic (exact) mass is 399 g/mol. The van der Waals surface area contributed by atoms with Crippen molar-refractivity contribution in [3.05, 3.63) is 65.5 Å². The molecule has 0 fully saturated rings. The normalized spacial score (nSPS) is 11.2. The van der Waals surface area contributed by atoms with Gasteiger partial charge in [-0.1, -0.05) is 24.3 Å². The minimum Gasteiger partial charge on any atom is -0.382 e. The molecule has 0 radical (unpaired) electrons.